The Morgan fingerprint density at radius 1 is 1.57 bits per heavy atom. The summed E-state index contributed by atoms with van der Waals surface area (Å²) in [5, 5.41) is 18.7. The van der Waals surface area contributed by atoms with Crippen molar-refractivity contribution < 1.29 is 5.11 Å². The first kappa shape index (κ1) is 11.2. The van der Waals surface area contributed by atoms with Gasteiger partial charge >= 0.3 is 0 Å². The summed E-state index contributed by atoms with van der Waals surface area (Å²) in [6, 6.07) is 9.52. The number of aliphatic hydroxyl groups is 1. The maximum absolute atomic E-state index is 9.86. The Kier molecular flexibility index (Phi) is 4.12. The molecule has 0 bridgehead atoms. The fourth-order valence-corrected chi connectivity index (χ4v) is 1.72. The van der Waals surface area contributed by atoms with Crippen LogP contribution in [0.4, 0.5) is 0 Å². The fourth-order valence-electron chi connectivity index (χ4n) is 1.31. The molecule has 0 aromatic heterocycles. The highest BCUT2D eigenvalue weighted by molar-refractivity contribution is 9.10. The number of hydrogen-bond acceptors (Lipinski definition) is 2. The third-order valence-electron chi connectivity index (χ3n) is 2.18. The van der Waals surface area contributed by atoms with E-state index >= 15 is 0 Å². The Morgan fingerprint density at radius 3 is 2.79 bits per heavy atom. The van der Waals surface area contributed by atoms with Gasteiger partial charge in [-0.15, -0.1) is 0 Å². The molecule has 3 heteroatoms. The molecule has 2 atom stereocenters. The van der Waals surface area contributed by atoms with Crippen LogP contribution in [0.2, 0.25) is 0 Å². The van der Waals surface area contributed by atoms with E-state index in [2.05, 4.69) is 22.0 Å². The summed E-state index contributed by atoms with van der Waals surface area (Å²) in [5.41, 5.74) is 0.785. The van der Waals surface area contributed by atoms with Crippen LogP contribution >= 0.6 is 15.9 Å². The Labute approximate surface area is 92.3 Å². The van der Waals surface area contributed by atoms with Crippen LogP contribution in [-0.2, 0) is 0 Å². The first-order valence-electron chi connectivity index (χ1n) is 4.52. The number of hydrogen-bond donors (Lipinski definition) is 1. The molecule has 0 spiro atoms. The molecular weight excluding hydrogens is 242 g/mol. The molecular formula is C11H12BrNO. The summed E-state index contributed by atoms with van der Waals surface area (Å²) < 4.78 is 0.918. The first-order chi connectivity index (χ1) is 6.69. The molecule has 2 unspecified atom stereocenters. The van der Waals surface area contributed by atoms with Crippen LogP contribution in [0, 0.1) is 17.2 Å². The Morgan fingerprint density at radius 2 is 2.29 bits per heavy atom. The van der Waals surface area contributed by atoms with Gasteiger partial charge in [0.15, 0.2) is 0 Å². The Hall–Kier alpha value is -0.850. The molecule has 74 valence electrons. The molecule has 1 aromatic carbocycles. The second-order valence-corrected chi connectivity index (χ2v) is 4.06. The first-order valence-corrected chi connectivity index (χ1v) is 5.31. The highest BCUT2D eigenvalue weighted by Crippen LogP contribution is 2.25. The molecule has 0 amide bonds. The van der Waals surface area contributed by atoms with Crippen LogP contribution < -0.4 is 0 Å². The molecule has 0 aliphatic rings. The quantitative estimate of drug-likeness (QED) is 0.900. The van der Waals surface area contributed by atoms with Gasteiger partial charge in [-0.1, -0.05) is 35.0 Å². The van der Waals surface area contributed by atoms with Gasteiger partial charge in [-0.3, -0.25) is 0 Å². The fraction of sp³-hybridized carbons (Fsp3) is 0.364. The smallest absolute Gasteiger partial charge is 0.0948 e. The maximum Gasteiger partial charge on any atom is 0.0948 e. The largest absolute Gasteiger partial charge is 0.387 e. The molecule has 0 saturated heterocycles. The summed E-state index contributed by atoms with van der Waals surface area (Å²) in [6.45, 7) is 1.90. The van der Waals surface area contributed by atoms with Crippen LogP contribution in [0.25, 0.3) is 0 Å². The number of benzene rings is 1. The zero-order chi connectivity index (χ0) is 10.6. The second kappa shape index (κ2) is 5.14. The number of rotatable bonds is 3. The lowest BCUT2D eigenvalue weighted by Gasteiger charge is -2.15. The SMILES string of the molecule is CCC(C#N)C(O)c1cccc(Br)c1. The van der Waals surface area contributed by atoms with Gasteiger partial charge in [0.05, 0.1) is 18.1 Å². The normalized spacial score (nSPS) is 14.4. The van der Waals surface area contributed by atoms with E-state index in [1.54, 1.807) is 0 Å². The lowest BCUT2D eigenvalue weighted by molar-refractivity contribution is 0.132. The van der Waals surface area contributed by atoms with Crippen molar-refractivity contribution >= 4 is 15.9 Å². The zero-order valence-electron chi connectivity index (χ0n) is 7.94. The maximum atomic E-state index is 9.86. The van der Waals surface area contributed by atoms with Crippen LogP contribution in [0.15, 0.2) is 28.7 Å². The molecule has 0 heterocycles. The van der Waals surface area contributed by atoms with Crippen molar-refractivity contribution in [2.75, 3.05) is 0 Å². The number of nitrogens with zero attached hydrogens (tertiary/aromatic N) is 1. The lowest BCUT2D eigenvalue weighted by atomic mass is 9.95. The minimum Gasteiger partial charge on any atom is -0.387 e. The highest BCUT2D eigenvalue weighted by Gasteiger charge is 2.18. The summed E-state index contributed by atoms with van der Waals surface area (Å²) >= 11 is 3.33. The van der Waals surface area contributed by atoms with Gasteiger partial charge < -0.3 is 5.11 Å². The number of halogens is 1. The number of aliphatic hydroxyl groups excluding tert-OH is 1. The van der Waals surface area contributed by atoms with Crippen molar-refractivity contribution in [3.8, 4) is 6.07 Å². The minimum absolute atomic E-state index is 0.329. The van der Waals surface area contributed by atoms with Crippen LogP contribution in [-0.4, -0.2) is 5.11 Å². The van der Waals surface area contributed by atoms with Crippen molar-refractivity contribution in [1.82, 2.24) is 0 Å². The minimum atomic E-state index is -0.692. The monoisotopic (exact) mass is 253 g/mol. The van der Waals surface area contributed by atoms with Gasteiger partial charge in [-0.25, -0.2) is 0 Å². The van der Waals surface area contributed by atoms with Crippen molar-refractivity contribution in [3.05, 3.63) is 34.3 Å². The van der Waals surface area contributed by atoms with Crippen molar-refractivity contribution in [3.63, 3.8) is 0 Å². The highest BCUT2D eigenvalue weighted by atomic mass is 79.9. The summed E-state index contributed by atoms with van der Waals surface area (Å²) in [4.78, 5) is 0. The second-order valence-electron chi connectivity index (χ2n) is 3.14. The summed E-state index contributed by atoms with van der Waals surface area (Å²) in [5.74, 6) is -0.329. The average Bonchev–Trinajstić information content (AvgIpc) is 2.19. The van der Waals surface area contributed by atoms with E-state index in [1.165, 1.54) is 0 Å². The third kappa shape index (κ3) is 2.57. The van der Waals surface area contributed by atoms with E-state index in [1.807, 2.05) is 31.2 Å². The molecule has 0 aliphatic carbocycles. The van der Waals surface area contributed by atoms with Gasteiger partial charge in [0, 0.05) is 4.47 Å². The molecule has 0 fully saturated rings. The molecule has 0 aliphatic heterocycles. The van der Waals surface area contributed by atoms with Gasteiger partial charge in [0.2, 0.25) is 0 Å². The van der Waals surface area contributed by atoms with E-state index in [0.717, 1.165) is 10.0 Å². The van der Waals surface area contributed by atoms with Crippen LogP contribution in [0.5, 0.6) is 0 Å². The van der Waals surface area contributed by atoms with E-state index in [-0.39, 0.29) is 5.92 Å². The van der Waals surface area contributed by atoms with Crippen LogP contribution in [0.1, 0.15) is 25.0 Å². The standard InChI is InChI=1S/C11H12BrNO/c1-2-8(7-13)11(14)9-4-3-5-10(12)6-9/h3-6,8,11,14H,2H2,1H3. The molecule has 0 saturated carbocycles. The average molecular weight is 254 g/mol. The van der Waals surface area contributed by atoms with E-state index in [4.69, 9.17) is 5.26 Å². The summed E-state index contributed by atoms with van der Waals surface area (Å²) in [7, 11) is 0. The summed E-state index contributed by atoms with van der Waals surface area (Å²) in [6.07, 6.45) is -0.0352. The van der Waals surface area contributed by atoms with Crippen molar-refractivity contribution in [2.45, 2.75) is 19.4 Å². The van der Waals surface area contributed by atoms with Gasteiger partial charge in [0.25, 0.3) is 0 Å². The molecule has 1 rings (SSSR count). The molecule has 1 N–H and O–H groups in total. The predicted molar refractivity (Wildman–Crippen MR) is 58.5 cm³/mol. The van der Waals surface area contributed by atoms with Gasteiger partial charge in [0.1, 0.15) is 0 Å². The zero-order valence-corrected chi connectivity index (χ0v) is 9.53. The molecule has 1 aromatic rings. The Balaban J connectivity index is 2.89. The molecule has 2 nitrogen and oxygen atoms in total. The topological polar surface area (TPSA) is 44.0 Å². The number of nitriles is 1. The van der Waals surface area contributed by atoms with E-state index in [0.29, 0.717) is 6.42 Å². The van der Waals surface area contributed by atoms with Crippen molar-refractivity contribution in [1.29, 1.82) is 5.26 Å². The molecule has 0 radical (unpaired) electrons. The third-order valence-corrected chi connectivity index (χ3v) is 2.67. The van der Waals surface area contributed by atoms with Gasteiger partial charge in [-0.05, 0) is 24.1 Å². The van der Waals surface area contributed by atoms with Gasteiger partial charge in [-0.2, -0.15) is 5.26 Å². The lowest BCUT2D eigenvalue weighted by Crippen LogP contribution is -2.09. The predicted octanol–water partition coefficient (Wildman–Crippen LogP) is 3.03. The molecule has 14 heavy (non-hydrogen) atoms. The van der Waals surface area contributed by atoms with E-state index < -0.39 is 6.10 Å². The van der Waals surface area contributed by atoms with Crippen molar-refractivity contribution in [2.24, 2.45) is 5.92 Å². The van der Waals surface area contributed by atoms with Crippen LogP contribution in [0.3, 0.4) is 0 Å². The Bertz CT molecular complexity index is 345. The van der Waals surface area contributed by atoms with E-state index in [9.17, 15) is 5.11 Å².